The minimum absolute atomic E-state index is 0. The van der Waals surface area contributed by atoms with E-state index in [4.69, 9.17) is 4.99 Å². The lowest BCUT2D eigenvalue weighted by atomic mass is 9.96. The summed E-state index contributed by atoms with van der Waals surface area (Å²) >= 11 is 0. The highest BCUT2D eigenvalue weighted by Crippen LogP contribution is 2.47. The smallest absolute Gasteiger partial charge is 0.191 e. The van der Waals surface area contributed by atoms with Crippen LogP contribution in [0.2, 0.25) is 0 Å². The van der Waals surface area contributed by atoms with Crippen LogP contribution in [0.4, 0.5) is 0 Å². The summed E-state index contributed by atoms with van der Waals surface area (Å²) in [6.45, 7) is 6.09. The summed E-state index contributed by atoms with van der Waals surface area (Å²) in [6, 6.07) is 16.1. The molecule has 7 heteroatoms. The number of halogens is 1. The lowest BCUT2D eigenvalue weighted by Crippen LogP contribution is -2.40. The average Bonchev–Trinajstić information content (AvgIpc) is 3.43. The highest BCUT2D eigenvalue weighted by molar-refractivity contribution is 14.0. The first-order valence-corrected chi connectivity index (χ1v) is 12.1. The molecule has 0 saturated heterocycles. The number of hydrogen-bond acceptors (Lipinski definition) is 3. The van der Waals surface area contributed by atoms with E-state index in [1.165, 1.54) is 24.7 Å². The Balaban J connectivity index is 0.00000320. The van der Waals surface area contributed by atoms with Crippen LogP contribution in [0.3, 0.4) is 0 Å². The number of nitrogens with zero attached hydrogens (tertiary/aromatic N) is 1. The second kappa shape index (κ2) is 10.6. The fraction of sp³-hybridized carbons (Fsp3) is 0.435. The van der Waals surface area contributed by atoms with E-state index in [2.05, 4.69) is 47.9 Å². The Morgan fingerprint density at radius 3 is 2.33 bits per heavy atom. The van der Waals surface area contributed by atoms with E-state index >= 15 is 0 Å². The van der Waals surface area contributed by atoms with Gasteiger partial charge in [0.2, 0.25) is 0 Å². The van der Waals surface area contributed by atoms with Crippen molar-refractivity contribution >= 4 is 39.8 Å². The zero-order valence-electron chi connectivity index (χ0n) is 17.9. The average molecular weight is 541 g/mol. The van der Waals surface area contributed by atoms with E-state index in [0.717, 1.165) is 36.6 Å². The van der Waals surface area contributed by atoms with Gasteiger partial charge in [-0.2, -0.15) is 0 Å². The molecule has 1 fully saturated rings. The summed E-state index contributed by atoms with van der Waals surface area (Å²) in [6.07, 6.45) is 4.80. The molecule has 5 nitrogen and oxygen atoms in total. The van der Waals surface area contributed by atoms with Gasteiger partial charge in [-0.15, -0.1) is 24.0 Å². The van der Waals surface area contributed by atoms with Crippen molar-refractivity contribution < 1.29 is 8.42 Å². The molecule has 0 unspecified atom stereocenters. The van der Waals surface area contributed by atoms with Gasteiger partial charge in [0, 0.05) is 19.3 Å². The number of nitrogens with one attached hydrogen (secondary N) is 2. The molecule has 0 atom stereocenters. The van der Waals surface area contributed by atoms with Gasteiger partial charge in [-0.3, -0.25) is 0 Å². The molecule has 0 heterocycles. The van der Waals surface area contributed by atoms with Crippen molar-refractivity contribution in [2.75, 3.05) is 19.3 Å². The Morgan fingerprint density at radius 2 is 1.77 bits per heavy atom. The summed E-state index contributed by atoms with van der Waals surface area (Å²) in [4.78, 5) is 5.08. The highest BCUT2D eigenvalue weighted by Gasteiger charge is 2.42. The summed E-state index contributed by atoms with van der Waals surface area (Å²) in [5.41, 5.74) is 3.47. The van der Waals surface area contributed by atoms with Gasteiger partial charge in [0.15, 0.2) is 15.8 Å². The molecule has 0 aliphatic heterocycles. The molecule has 3 rings (SSSR count). The molecule has 1 aliphatic carbocycles. The Labute approximate surface area is 197 Å². The minimum Gasteiger partial charge on any atom is -0.357 e. The van der Waals surface area contributed by atoms with Crippen LogP contribution in [-0.2, 0) is 22.8 Å². The third-order valence-corrected chi connectivity index (χ3v) is 6.67. The van der Waals surface area contributed by atoms with Crippen molar-refractivity contribution in [1.29, 1.82) is 0 Å². The van der Waals surface area contributed by atoms with E-state index in [1.807, 2.05) is 19.1 Å². The third kappa shape index (κ3) is 6.97. The second-order valence-electron chi connectivity index (χ2n) is 8.08. The van der Waals surface area contributed by atoms with Crippen molar-refractivity contribution in [3.63, 3.8) is 0 Å². The molecule has 2 aromatic carbocycles. The monoisotopic (exact) mass is 541 g/mol. The third-order valence-electron chi connectivity index (χ3n) is 5.41. The van der Waals surface area contributed by atoms with Gasteiger partial charge in [0.1, 0.15) is 0 Å². The SMILES string of the molecule is CCNC(=NCc1ccc(S(C)(=O)=O)c(C)c1)NCC1(Cc2ccccc2)CC1.I. The van der Waals surface area contributed by atoms with Crippen LogP contribution in [0.25, 0.3) is 0 Å². The van der Waals surface area contributed by atoms with E-state index in [1.54, 1.807) is 6.07 Å². The molecular formula is C23H32IN3O2S. The highest BCUT2D eigenvalue weighted by atomic mass is 127. The van der Waals surface area contributed by atoms with Crippen LogP contribution in [0.15, 0.2) is 58.4 Å². The van der Waals surface area contributed by atoms with Gasteiger partial charge in [0.05, 0.1) is 11.4 Å². The molecule has 2 N–H and O–H groups in total. The molecule has 0 amide bonds. The van der Waals surface area contributed by atoms with Crippen LogP contribution in [-0.4, -0.2) is 33.7 Å². The van der Waals surface area contributed by atoms with Crippen molar-refractivity contribution in [2.24, 2.45) is 10.4 Å². The van der Waals surface area contributed by atoms with E-state index in [9.17, 15) is 8.42 Å². The first-order valence-electron chi connectivity index (χ1n) is 10.2. The lowest BCUT2D eigenvalue weighted by Gasteiger charge is -2.19. The molecule has 0 aromatic heterocycles. The van der Waals surface area contributed by atoms with Crippen molar-refractivity contribution in [1.82, 2.24) is 10.6 Å². The van der Waals surface area contributed by atoms with E-state index in [-0.39, 0.29) is 24.0 Å². The molecule has 1 saturated carbocycles. The number of aryl methyl sites for hydroxylation is 1. The number of aliphatic imine (C=N–C) groups is 1. The fourth-order valence-electron chi connectivity index (χ4n) is 3.63. The topological polar surface area (TPSA) is 70.6 Å². The fourth-order valence-corrected chi connectivity index (χ4v) is 4.59. The largest absolute Gasteiger partial charge is 0.357 e. The normalized spacial score (nSPS) is 15.2. The maximum Gasteiger partial charge on any atom is 0.191 e. The summed E-state index contributed by atoms with van der Waals surface area (Å²) in [5, 5.41) is 6.82. The zero-order valence-corrected chi connectivity index (χ0v) is 21.1. The van der Waals surface area contributed by atoms with Crippen LogP contribution >= 0.6 is 24.0 Å². The summed E-state index contributed by atoms with van der Waals surface area (Å²) in [7, 11) is -3.19. The number of rotatable bonds is 8. The molecule has 30 heavy (non-hydrogen) atoms. The van der Waals surface area contributed by atoms with Gasteiger partial charge in [0.25, 0.3) is 0 Å². The molecule has 0 spiro atoms. The Kier molecular flexibility index (Phi) is 8.73. The van der Waals surface area contributed by atoms with Crippen LogP contribution in [0.5, 0.6) is 0 Å². The standard InChI is InChI=1S/C23H31N3O2S.HI/c1-4-24-22(25-16-20-10-11-21(18(2)14-20)29(3,27)28)26-17-23(12-13-23)15-19-8-6-5-7-9-19;/h5-11,14H,4,12-13,15-17H2,1-3H3,(H2,24,25,26);1H. The number of guanidine groups is 1. The molecule has 1 aliphatic rings. The van der Waals surface area contributed by atoms with Crippen molar-refractivity contribution in [3.05, 3.63) is 65.2 Å². The van der Waals surface area contributed by atoms with Gasteiger partial charge >= 0.3 is 0 Å². The minimum atomic E-state index is -3.19. The van der Waals surface area contributed by atoms with Crippen LogP contribution in [0, 0.1) is 12.3 Å². The Hall–Kier alpha value is -1.61. The summed E-state index contributed by atoms with van der Waals surface area (Å²) in [5.74, 6) is 0.802. The number of hydrogen-bond donors (Lipinski definition) is 2. The van der Waals surface area contributed by atoms with E-state index in [0.29, 0.717) is 16.9 Å². The molecule has 0 bridgehead atoms. The maximum absolute atomic E-state index is 11.8. The first-order chi connectivity index (χ1) is 13.8. The maximum atomic E-state index is 11.8. The van der Waals surface area contributed by atoms with Crippen LogP contribution in [0.1, 0.15) is 36.5 Å². The van der Waals surface area contributed by atoms with Gasteiger partial charge in [-0.25, -0.2) is 13.4 Å². The zero-order chi connectivity index (χ0) is 20.9. The number of sulfone groups is 1. The Bertz CT molecular complexity index is 971. The predicted octanol–water partition coefficient (Wildman–Crippen LogP) is 4.09. The van der Waals surface area contributed by atoms with Crippen molar-refractivity contribution in [3.8, 4) is 0 Å². The second-order valence-corrected chi connectivity index (χ2v) is 10.1. The Morgan fingerprint density at radius 1 is 1.07 bits per heavy atom. The predicted molar refractivity (Wildman–Crippen MR) is 134 cm³/mol. The molecular weight excluding hydrogens is 509 g/mol. The van der Waals surface area contributed by atoms with Crippen LogP contribution < -0.4 is 10.6 Å². The quantitative estimate of drug-likeness (QED) is 0.300. The summed E-state index contributed by atoms with van der Waals surface area (Å²) < 4.78 is 23.6. The van der Waals surface area contributed by atoms with Gasteiger partial charge < -0.3 is 10.6 Å². The molecule has 164 valence electrons. The van der Waals surface area contributed by atoms with Gasteiger partial charge in [-0.05, 0) is 61.3 Å². The van der Waals surface area contributed by atoms with E-state index < -0.39 is 9.84 Å². The number of benzene rings is 2. The lowest BCUT2D eigenvalue weighted by molar-refractivity contribution is 0.492. The van der Waals surface area contributed by atoms with Gasteiger partial charge in [-0.1, -0.05) is 42.5 Å². The molecule has 2 aromatic rings. The van der Waals surface area contributed by atoms with Crippen molar-refractivity contribution in [2.45, 2.75) is 44.6 Å². The first kappa shape index (κ1) is 24.7. The molecule has 0 radical (unpaired) electrons.